The molecule has 98 valence electrons. The number of halogens is 2. The zero-order chi connectivity index (χ0) is 13.8. The second kappa shape index (κ2) is 5.91. The Kier molecular flexibility index (Phi) is 4.24. The van der Waals surface area contributed by atoms with E-state index in [0.717, 1.165) is 0 Å². The van der Waals surface area contributed by atoms with Crippen molar-refractivity contribution in [1.82, 2.24) is 0 Å². The fourth-order valence-corrected chi connectivity index (χ4v) is 1.91. The van der Waals surface area contributed by atoms with Crippen LogP contribution in [-0.2, 0) is 6.61 Å². The molecule has 2 aromatic rings. The lowest BCUT2D eigenvalue weighted by molar-refractivity contribution is -0.385. The normalized spacial score (nSPS) is 10.2. The lowest BCUT2D eigenvalue weighted by Crippen LogP contribution is -2.00. The van der Waals surface area contributed by atoms with Crippen molar-refractivity contribution in [2.45, 2.75) is 6.61 Å². The van der Waals surface area contributed by atoms with Crippen LogP contribution in [0.2, 0.25) is 10.0 Å². The van der Waals surface area contributed by atoms with Crippen molar-refractivity contribution in [2.24, 2.45) is 0 Å². The summed E-state index contributed by atoms with van der Waals surface area (Å²) in [5.41, 5.74) is 0.490. The highest BCUT2D eigenvalue weighted by Crippen LogP contribution is 2.32. The monoisotopic (exact) mass is 297 g/mol. The third kappa shape index (κ3) is 3.16. The van der Waals surface area contributed by atoms with Crippen molar-refractivity contribution in [3.8, 4) is 5.75 Å². The highest BCUT2D eigenvalue weighted by molar-refractivity contribution is 6.42. The van der Waals surface area contributed by atoms with Crippen molar-refractivity contribution in [1.29, 1.82) is 0 Å². The lowest BCUT2D eigenvalue weighted by atomic mass is 10.2. The first kappa shape index (κ1) is 13.6. The van der Waals surface area contributed by atoms with E-state index in [2.05, 4.69) is 0 Å². The van der Waals surface area contributed by atoms with E-state index >= 15 is 0 Å². The fraction of sp³-hybridized carbons (Fsp3) is 0.0769. The van der Waals surface area contributed by atoms with Crippen LogP contribution >= 0.6 is 23.2 Å². The van der Waals surface area contributed by atoms with Crippen LogP contribution in [0, 0.1) is 10.1 Å². The molecule has 0 saturated heterocycles. The molecule has 4 nitrogen and oxygen atoms in total. The molecule has 0 amide bonds. The number of hydrogen-bond acceptors (Lipinski definition) is 3. The van der Waals surface area contributed by atoms with Gasteiger partial charge in [0.15, 0.2) is 0 Å². The number of rotatable bonds is 4. The Labute approximate surface area is 119 Å². The van der Waals surface area contributed by atoms with Crippen molar-refractivity contribution in [3.63, 3.8) is 0 Å². The van der Waals surface area contributed by atoms with Crippen molar-refractivity contribution < 1.29 is 9.66 Å². The summed E-state index contributed by atoms with van der Waals surface area (Å²) < 4.78 is 5.47. The molecule has 0 radical (unpaired) electrons. The van der Waals surface area contributed by atoms with Gasteiger partial charge in [-0.05, 0) is 18.2 Å². The molecular weight excluding hydrogens is 289 g/mol. The first-order valence-electron chi connectivity index (χ1n) is 5.38. The van der Waals surface area contributed by atoms with Crippen LogP contribution in [0.4, 0.5) is 5.69 Å². The Hall–Kier alpha value is -1.78. The molecule has 0 bridgehead atoms. The second-order valence-corrected chi connectivity index (χ2v) is 4.51. The van der Waals surface area contributed by atoms with E-state index in [-0.39, 0.29) is 12.3 Å². The van der Waals surface area contributed by atoms with Gasteiger partial charge in [-0.25, -0.2) is 0 Å². The molecule has 0 fully saturated rings. The maximum Gasteiger partial charge on any atom is 0.276 e. The number of nitro benzene ring substituents is 1. The average Bonchev–Trinajstić information content (AvgIpc) is 2.40. The largest absolute Gasteiger partial charge is 0.487 e. The lowest BCUT2D eigenvalue weighted by Gasteiger charge is -2.09. The highest BCUT2D eigenvalue weighted by Gasteiger charge is 2.13. The predicted octanol–water partition coefficient (Wildman–Crippen LogP) is 4.48. The van der Waals surface area contributed by atoms with Gasteiger partial charge < -0.3 is 4.74 Å². The molecule has 2 rings (SSSR count). The Bertz CT molecular complexity index is 617. The van der Waals surface area contributed by atoms with Gasteiger partial charge in [-0.1, -0.05) is 41.4 Å². The summed E-state index contributed by atoms with van der Waals surface area (Å²) in [5, 5.41) is 11.5. The summed E-state index contributed by atoms with van der Waals surface area (Å²) in [6.07, 6.45) is 0. The topological polar surface area (TPSA) is 52.4 Å². The minimum absolute atomic E-state index is 0.0145. The standard InChI is InChI=1S/C13H9Cl2NO3/c14-10-5-3-7-12(13(10)15)19-8-9-4-1-2-6-11(9)16(17)18/h1-7H,8H2. The van der Waals surface area contributed by atoms with E-state index in [1.165, 1.54) is 6.07 Å². The first-order valence-corrected chi connectivity index (χ1v) is 6.14. The van der Waals surface area contributed by atoms with Gasteiger partial charge in [0, 0.05) is 6.07 Å². The van der Waals surface area contributed by atoms with Gasteiger partial charge in [0.2, 0.25) is 0 Å². The second-order valence-electron chi connectivity index (χ2n) is 3.73. The maximum absolute atomic E-state index is 10.9. The average molecular weight is 298 g/mol. The summed E-state index contributed by atoms with van der Waals surface area (Å²) in [5.74, 6) is 0.396. The Balaban J connectivity index is 2.19. The number of nitro groups is 1. The summed E-state index contributed by atoms with van der Waals surface area (Å²) >= 11 is 11.8. The molecule has 0 saturated carbocycles. The third-order valence-electron chi connectivity index (χ3n) is 2.49. The SMILES string of the molecule is O=[N+]([O-])c1ccccc1COc1cccc(Cl)c1Cl. The van der Waals surface area contributed by atoms with Crippen LogP contribution in [0.15, 0.2) is 42.5 Å². The number of nitrogens with zero attached hydrogens (tertiary/aromatic N) is 1. The number of para-hydroxylation sites is 1. The van der Waals surface area contributed by atoms with Crippen molar-refractivity contribution in [2.75, 3.05) is 0 Å². The Morgan fingerprint density at radius 2 is 1.84 bits per heavy atom. The molecule has 0 heterocycles. The smallest absolute Gasteiger partial charge is 0.276 e. The summed E-state index contributed by atoms with van der Waals surface area (Å²) in [6.45, 7) is 0.0528. The molecular formula is C13H9Cl2NO3. The molecule has 0 unspecified atom stereocenters. The van der Waals surface area contributed by atoms with Gasteiger partial charge in [0.05, 0.1) is 15.5 Å². The molecule has 0 aliphatic rings. The van der Waals surface area contributed by atoms with E-state index in [1.54, 1.807) is 36.4 Å². The quantitative estimate of drug-likeness (QED) is 0.617. The van der Waals surface area contributed by atoms with E-state index in [1.807, 2.05) is 0 Å². The van der Waals surface area contributed by atoms with Crippen LogP contribution in [0.3, 0.4) is 0 Å². The molecule has 19 heavy (non-hydrogen) atoms. The Morgan fingerprint density at radius 3 is 2.58 bits per heavy atom. The van der Waals surface area contributed by atoms with Crippen LogP contribution in [0.1, 0.15) is 5.56 Å². The van der Waals surface area contributed by atoms with E-state index in [9.17, 15) is 10.1 Å². The van der Waals surface area contributed by atoms with Gasteiger partial charge in [-0.3, -0.25) is 10.1 Å². The molecule has 0 spiro atoms. The van der Waals surface area contributed by atoms with E-state index in [0.29, 0.717) is 21.4 Å². The number of ether oxygens (including phenoxy) is 1. The fourth-order valence-electron chi connectivity index (χ4n) is 1.56. The van der Waals surface area contributed by atoms with Crippen LogP contribution in [0.25, 0.3) is 0 Å². The zero-order valence-corrected chi connectivity index (χ0v) is 11.2. The number of benzene rings is 2. The van der Waals surface area contributed by atoms with Gasteiger partial charge in [0.25, 0.3) is 5.69 Å². The molecule has 6 heteroatoms. The summed E-state index contributed by atoms with van der Waals surface area (Å²) in [7, 11) is 0. The van der Waals surface area contributed by atoms with Crippen LogP contribution in [-0.4, -0.2) is 4.92 Å². The Morgan fingerprint density at radius 1 is 1.11 bits per heavy atom. The number of hydrogen-bond donors (Lipinski definition) is 0. The van der Waals surface area contributed by atoms with Gasteiger partial charge in [-0.2, -0.15) is 0 Å². The molecule has 0 N–H and O–H groups in total. The summed E-state index contributed by atoms with van der Waals surface area (Å²) in [6, 6.07) is 11.4. The van der Waals surface area contributed by atoms with Gasteiger partial charge in [0.1, 0.15) is 17.4 Å². The first-order chi connectivity index (χ1) is 9.09. The minimum Gasteiger partial charge on any atom is -0.487 e. The molecule has 0 atom stereocenters. The molecule has 0 aliphatic heterocycles. The molecule has 0 aliphatic carbocycles. The van der Waals surface area contributed by atoms with Crippen molar-refractivity contribution >= 4 is 28.9 Å². The van der Waals surface area contributed by atoms with Gasteiger partial charge in [-0.15, -0.1) is 0 Å². The van der Waals surface area contributed by atoms with Gasteiger partial charge >= 0.3 is 0 Å². The van der Waals surface area contributed by atoms with Crippen LogP contribution in [0.5, 0.6) is 5.75 Å². The highest BCUT2D eigenvalue weighted by atomic mass is 35.5. The molecule has 2 aromatic carbocycles. The minimum atomic E-state index is -0.446. The summed E-state index contributed by atoms with van der Waals surface area (Å²) in [4.78, 5) is 10.4. The van der Waals surface area contributed by atoms with Crippen LogP contribution < -0.4 is 4.74 Å². The van der Waals surface area contributed by atoms with Crippen molar-refractivity contribution in [3.05, 3.63) is 68.2 Å². The maximum atomic E-state index is 10.9. The zero-order valence-electron chi connectivity index (χ0n) is 9.68. The van der Waals surface area contributed by atoms with E-state index in [4.69, 9.17) is 27.9 Å². The van der Waals surface area contributed by atoms with E-state index < -0.39 is 4.92 Å². The third-order valence-corrected chi connectivity index (χ3v) is 3.29. The molecule has 0 aromatic heterocycles. The predicted molar refractivity (Wildman–Crippen MR) is 73.9 cm³/mol.